The number of fused-ring (bicyclic) bond motifs is 1. The highest BCUT2D eigenvalue weighted by Gasteiger charge is 2.22. The summed E-state index contributed by atoms with van der Waals surface area (Å²) in [4.78, 5) is 14.3. The molecule has 0 aromatic heterocycles. The molecule has 3 rings (SSSR count). The summed E-state index contributed by atoms with van der Waals surface area (Å²) in [6.07, 6.45) is 7.12. The van der Waals surface area contributed by atoms with Crippen LogP contribution in [0.3, 0.4) is 0 Å². The molecule has 2 amide bonds. The molecule has 1 heterocycles. The van der Waals surface area contributed by atoms with E-state index in [1.54, 1.807) is 0 Å². The average molecular weight is 287 g/mol. The van der Waals surface area contributed by atoms with Crippen LogP contribution in [0.1, 0.15) is 43.2 Å². The van der Waals surface area contributed by atoms with Gasteiger partial charge in [-0.05, 0) is 49.1 Å². The third-order valence-electron chi connectivity index (χ3n) is 4.79. The smallest absolute Gasteiger partial charge is 0.321 e. The Kier molecular flexibility index (Phi) is 4.44. The molecule has 0 atom stereocenters. The number of hydrogen-bond acceptors (Lipinski definition) is 2. The normalized spacial score (nSPS) is 18.9. The second kappa shape index (κ2) is 6.48. The molecule has 2 N–H and O–H groups in total. The molecule has 4 nitrogen and oxygen atoms in total. The summed E-state index contributed by atoms with van der Waals surface area (Å²) in [5.74, 6) is 0. The van der Waals surface area contributed by atoms with E-state index in [1.807, 2.05) is 18.0 Å². The fourth-order valence-corrected chi connectivity index (χ4v) is 3.40. The number of carbonyl (C=O) groups excluding carboxylic acids is 1. The summed E-state index contributed by atoms with van der Waals surface area (Å²) in [7, 11) is 1.92. The summed E-state index contributed by atoms with van der Waals surface area (Å²) in [6, 6.07) is 6.69. The number of urea groups is 1. The lowest BCUT2D eigenvalue weighted by molar-refractivity contribution is 0.186. The van der Waals surface area contributed by atoms with Gasteiger partial charge in [-0.25, -0.2) is 4.79 Å². The van der Waals surface area contributed by atoms with E-state index >= 15 is 0 Å². The highest BCUT2D eigenvalue weighted by atomic mass is 16.2. The number of amides is 2. The average Bonchev–Trinajstić information content (AvgIpc) is 2.55. The minimum Gasteiger partial charge on any atom is -0.325 e. The van der Waals surface area contributed by atoms with Gasteiger partial charge in [0.15, 0.2) is 0 Å². The summed E-state index contributed by atoms with van der Waals surface area (Å²) in [5.41, 5.74) is 3.62. The van der Waals surface area contributed by atoms with Crippen LogP contribution in [0.15, 0.2) is 18.2 Å². The van der Waals surface area contributed by atoms with E-state index in [0.717, 1.165) is 38.0 Å². The van der Waals surface area contributed by atoms with Crippen molar-refractivity contribution in [1.82, 2.24) is 10.2 Å². The Bertz CT molecular complexity index is 509. The van der Waals surface area contributed by atoms with Gasteiger partial charge in [0, 0.05) is 25.3 Å². The molecule has 1 aromatic carbocycles. The number of anilines is 1. The van der Waals surface area contributed by atoms with Gasteiger partial charge in [0.25, 0.3) is 0 Å². The molecule has 0 bridgehead atoms. The van der Waals surface area contributed by atoms with Crippen molar-refractivity contribution in [2.45, 2.75) is 51.1 Å². The molecule has 1 fully saturated rings. The van der Waals surface area contributed by atoms with Crippen molar-refractivity contribution in [3.05, 3.63) is 29.3 Å². The van der Waals surface area contributed by atoms with Crippen molar-refractivity contribution < 1.29 is 4.79 Å². The predicted octanol–water partition coefficient (Wildman–Crippen LogP) is 3.13. The largest absolute Gasteiger partial charge is 0.325 e. The van der Waals surface area contributed by atoms with Crippen molar-refractivity contribution in [2.75, 3.05) is 18.9 Å². The summed E-state index contributed by atoms with van der Waals surface area (Å²) >= 11 is 0. The summed E-state index contributed by atoms with van der Waals surface area (Å²) < 4.78 is 0. The topological polar surface area (TPSA) is 44.4 Å². The molecule has 4 heteroatoms. The standard InChI is InChI=1S/C17H25N3O/c1-20(16-5-3-2-4-6-16)17(21)19-15-8-7-14-12-18-10-9-13(14)11-15/h7-8,11,16,18H,2-6,9-10,12H2,1H3,(H,19,21). The maximum absolute atomic E-state index is 12.4. The van der Waals surface area contributed by atoms with E-state index in [0.29, 0.717) is 6.04 Å². The van der Waals surface area contributed by atoms with Gasteiger partial charge in [0.2, 0.25) is 0 Å². The van der Waals surface area contributed by atoms with Crippen LogP contribution in [-0.4, -0.2) is 30.6 Å². The molecule has 0 spiro atoms. The Labute approximate surface area is 126 Å². The van der Waals surface area contributed by atoms with Crippen molar-refractivity contribution in [1.29, 1.82) is 0 Å². The molecule has 114 valence electrons. The van der Waals surface area contributed by atoms with Gasteiger partial charge in [-0.3, -0.25) is 0 Å². The maximum atomic E-state index is 12.4. The minimum atomic E-state index is 0.0239. The van der Waals surface area contributed by atoms with Crippen molar-refractivity contribution in [3.8, 4) is 0 Å². The van der Waals surface area contributed by atoms with Gasteiger partial charge >= 0.3 is 6.03 Å². The quantitative estimate of drug-likeness (QED) is 0.877. The van der Waals surface area contributed by atoms with Crippen LogP contribution in [0.25, 0.3) is 0 Å². The van der Waals surface area contributed by atoms with E-state index in [-0.39, 0.29) is 6.03 Å². The van der Waals surface area contributed by atoms with Crippen molar-refractivity contribution >= 4 is 11.7 Å². The zero-order valence-corrected chi connectivity index (χ0v) is 12.8. The van der Waals surface area contributed by atoms with Gasteiger partial charge in [-0.2, -0.15) is 0 Å². The second-order valence-electron chi connectivity index (χ2n) is 6.24. The zero-order chi connectivity index (χ0) is 14.7. The highest BCUT2D eigenvalue weighted by molar-refractivity contribution is 5.89. The number of carbonyl (C=O) groups is 1. The van der Waals surface area contributed by atoms with Crippen LogP contribution in [0, 0.1) is 0 Å². The van der Waals surface area contributed by atoms with Gasteiger partial charge in [0.05, 0.1) is 0 Å². The van der Waals surface area contributed by atoms with Gasteiger partial charge < -0.3 is 15.5 Å². The Balaban J connectivity index is 1.63. The molecular formula is C17H25N3O. The van der Waals surface area contributed by atoms with Crippen molar-refractivity contribution in [3.63, 3.8) is 0 Å². The molecule has 2 aliphatic rings. The van der Waals surface area contributed by atoms with Gasteiger partial charge in [0.1, 0.15) is 0 Å². The fourth-order valence-electron chi connectivity index (χ4n) is 3.40. The lowest BCUT2D eigenvalue weighted by atomic mass is 9.95. The van der Waals surface area contributed by atoms with Crippen LogP contribution in [0.5, 0.6) is 0 Å². The van der Waals surface area contributed by atoms with Crippen LogP contribution in [0.2, 0.25) is 0 Å². The predicted molar refractivity (Wildman–Crippen MR) is 85.5 cm³/mol. The van der Waals surface area contributed by atoms with E-state index in [9.17, 15) is 4.79 Å². The van der Waals surface area contributed by atoms with E-state index in [4.69, 9.17) is 0 Å². The first-order chi connectivity index (χ1) is 10.2. The minimum absolute atomic E-state index is 0.0239. The molecule has 1 saturated carbocycles. The Morgan fingerprint density at radius 1 is 1.24 bits per heavy atom. The van der Waals surface area contributed by atoms with Crippen LogP contribution >= 0.6 is 0 Å². The molecule has 1 aliphatic heterocycles. The highest BCUT2D eigenvalue weighted by Crippen LogP contribution is 2.23. The number of nitrogens with one attached hydrogen (secondary N) is 2. The van der Waals surface area contributed by atoms with E-state index < -0.39 is 0 Å². The first-order valence-electron chi connectivity index (χ1n) is 8.10. The molecule has 0 unspecified atom stereocenters. The maximum Gasteiger partial charge on any atom is 0.321 e. The number of rotatable bonds is 2. The van der Waals surface area contributed by atoms with Gasteiger partial charge in [-0.1, -0.05) is 25.3 Å². The number of hydrogen-bond donors (Lipinski definition) is 2. The lowest BCUT2D eigenvalue weighted by Crippen LogP contribution is -2.40. The summed E-state index contributed by atoms with van der Waals surface area (Å²) in [5, 5.41) is 6.42. The van der Waals surface area contributed by atoms with E-state index in [1.165, 1.54) is 30.4 Å². The number of benzene rings is 1. The molecule has 1 aliphatic carbocycles. The SMILES string of the molecule is CN(C(=O)Nc1ccc2c(c1)CCNC2)C1CCCCC1. The molecular weight excluding hydrogens is 262 g/mol. The number of nitrogens with zero attached hydrogens (tertiary/aromatic N) is 1. The van der Waals surface area contributed by atoms with Crippen LogP contribution < -0.4 is 10.6 Å². The Morgan fingerprint density at radius 2 is 2.05 bits per heavy atom. The zero-order valence-electron chi connectivity index (χ0n) is 12.8. The second-order valence-corrected chi connectivity index (χ2v) is 6.24. The molecule has 21 heavy (non-hydrogen) atoms. The molecule has 1 aromatic rings. The summed E-state index contributed by atoms with van der Waals surface area (Å²) in [6.45, 7) is 1.96. The van der Waals surface area contributed by atoms with E-state index in [2.05, 4.69) is 22.8 Å². The molecule has 0 saturated heterocycles. The van der Waals surface area contributed by atoms with Crippen LogP contribution in [-0.2, 0) is 13.0 Å². The van der Waals surface area contributed by atoms with Crippen molar-refractivity contribution in [2.24, 2.45) is 0 Å². The third-order valence-corrected chi connectivity index (χ3v) is 4.79. The first-order valence-corrected chi connectivity index (χ1v) is 8.10. The lowest BCUT2D eigenvalue weighted by Gasteiger charge is -2.31. The Morgan fingerprint density at radius 3 is 2.86 bits per heavy atom. The first kappa shape index (κ1) is 14.4. The Hall–Kier alpha value is -1.55. The van der Waals surface area contributed by atoms with Gasteiger partial charge in [-0.15, -0.1) is 0 Å². The third kappa shape index (κ3) is 3.38. The fraction of sp³-hybridized carbons (Fsp3) is 0.588. The molecule has 0 radical (unpaired) electrons. The monoisotopic (exact) mass is 287 g/mol. The van der Waals surface area contributed by atoms with Crippen LogP contribution in [0.4, 0.5) is 10.5 Å².